The number of carboxylic acids is 1. The molecule has 0 bridgehead atoms. The predicted octanol–water partition coefficient (Wildman–Crippen LogP) is 1.51. The lowest BCUT2D eigenvalue weighted by Crippen LogP contribution is -2.48. The fraction of sp³-hybridized carbons (Fsp3) is 0.190. The number of nitrogens with two attached hydrogens (primary N) is 1. The third-order valence-corrected chi connectivity index (χ3v) is 6.64. The smallest absolute Gasteiger partial charge is 0.323 e. The highest BCUT2D eigenvalue weighted by atomic mass is 32.2. The Kier molecular flexibility index (Phi) is 7.98. The highest BCUT2D eigenvalue weighted by Gasteiger charge is 2.26. The zero-order valence-corrected chi connectivity index (χ0v) is 18.9. The van der Waals surface area contributed by atoms with Gasteiger partial charge in [-0.2, -0.15) is 4.72 Å². The molecule has 0 saturated carbocycles. The van der Waals surface area contributed by atoms with Crippen LogP contribution in [-0.4, -0.2) is 49.6 Å². The maximum absolute atomic E-state index is 12.4. The Morgan fingerprint density at radius 2 is 1.82 bits per heavy atom. The average molecular weight is 491 g/mol. The van der Waals surface area contributed by atoms with Crippen molar-refractivity contribution in [3.63, 3.8) is 0 Å². The highest BCUT2D eigenvalue weighted by molar-refractivity contribution is 7.89. The molecule has 0 aliphatic heterocycles. The van der Waals surface area contributed by atoms with Gasteiger partial charge in [-0.05, 0) is 36.4 Å². The Hall–Kier alpha value is -3.48. The number of thiazole rings is 1. The molecule has 0 saturated heterocycles. The molecule has 174 valence electrons. The minimum absolute atomic E-state index is 0.0728. The third-order valence-electron chi connectivity index (χ3n) is 4.43. The van der Waals surface area contributed by atoms with Crippen LogP contribution in [-0.2, 0) is 21.2 Å². The van der Waals surface area contributed by atoms with Crippen LogP contribution in [0.5, 0.6) is 5.75 Å². The molecule has 0 aliphatic rings. The highest BCUT2D eigenvalue weighted by Crippen LogP contribution is 2.15. The average Bonchev–Trinajstić information content (AvgIpc) is 3.22. The van der Waals surface area contributed by atoms with E-state index in [-0.39, 0.29) is 10.5 Å². The van der Waals surface area contributed by atoms with Crippen molar-refractivity contribution in [2.75, 3.05) is 18.9 Å². The van der Waals surface area contributed by atoms with E-state index < -0.39 is 34.5 Å². The summed E-state index contributed by atoms with van der Waals surface area (Å²) in [6.45, 7) is -0.0498. The van der Waals surface area contributed by atoms with E-state index in [0.717, 1.165) is 5.69 Å². The Bertz CT molecular complexity index is 1200. The van der Waals surface area contributed by atoms with Gasteiger partial charge in [0.15, 0.2) is 5.13 Å². The molecule has 0 spiro atoms. The Labute approximate surface area is 194 Å². The summed E-state index contributed by atoms with van der Waals surface area (Å²) in [5, 5.41) is 14.2. The quantitative estimate of drug-likeness (QED) is 0.314. The number of carboxylic acid groups (broad SMARTS) is 1. The van der Waals surface area contributed by atoms with E-state index in [2.05, 4.69) is 15.0 Å². The number of rotatable bonds is 11. The number of benzene rings is 2. The topological polar surface area (TPSA) is 161 Å². The summed E-state index contributed by atoms with van der Waals surface area (Å²) < 4.78 is 32.4. The Morgan fingerprint density at radius 1 is 1.12 bits per heavy atom. The molecule has 12 heteroatoms. The fourth-order valence-corrected chi connectivity index (χ4v) is 4.55. The molecule has 1 unspecified atom stereocenters. The number of nitrogens with one attached hydrogen (secondary N) is 2. The number of nitrogens with zero attached hydrogens (tertiary/aromatic N) is 1. The van der Waals surface area contributed by atoms with Gasteiger partial charge >= 0.3 is 5.97 Å². The molecule has 1 aromatic heterocycles. The number of ether oxygens (including phenoxy) is 1. The van der Waals surface area contributed by atoms with E-state index >= 15 is 0 Å². The normalized spacial score (nSPS) is 12.1. The third kappa shape index (κ3) is 7.00. The van der Waals surface area contributed by atoms with E-state index in [1.807, 2.05) is 5.38 Å². The standard InChI is InChI=1S/C21H22N4O6S2/c22-21-24-15(13-32-21)10-11-31-16-8-6-14(7-9-16)19(26)23-12-18(20(27)28)25-33(29,30)17-4-2-1-3-5-17/h1-9,13,18,25H,10-12H2,(H2,22,24)(H,23,26)(H,27,28). The number of carbonyl (C=O) groups is 2. The van der Waals surface area contributed by atoms with Gasteiger partial charge in [-0.1, -0.05) is 18.2 Å². The SMILES string of the molecule is Nc1nc(CCOc2ccc(C(=O)NCC(NS(=O)(=O)c3ccccc3)C(=O)O)cc2)cs1. The number of hydrogen-bond acceptors (Lipinski definition) is 8. The largest absolute Gasteiger partial charge is 0.493 e. The van der Waals surface area contributed by atoms with Crippen LogP contribution < -0.4 is 20.5 Å². The number of aliphatic carboxylic acids is 1. The molecule has 0 fully saturated rings. The van der Waals surface area contributed by atoms with E-state index in [9.17, 15) is 23.1 Å². The summed E-state index contributed by atoms with van der Waals surface area (Å²) >= 11 is 1.36. The van der Waals surface area contributed by atoms with Gasteiger partial charge in [0.25, 0.3) is 5.91 Å². The van der Waals surface area contributed by atoms with Crippen LogP contribution in [0.15, 0.2) is 64.9 Å². The van der Waals surface area contributed by atoms with Crippen LogP contribution >= 0.6 is 11.3 Å². The minimum atomic E-state index is -4.06. The second-order valence-corrected chi connectivity index (χ2v) is 9.44. The summed E-state index contributed by atoms with van der Waals surface area (Å²) in [5.74, 6) is -1.42. The lowest BCUT2D eigenvalue weighted by molar-refractivity contribution is -0.138. The van der Waals surface area contributed by atoms with Crippen molar-refractivity contribution in [1.82, 2.24) is 15.0 Å². The predicted molar refractivity (Wildman–Crippen MR) is 123 cm³/mol. The summed E-state index contributed by atoms with van der Waals surface area (Å²) in [7, 11) is -4.06. The molecule has 3 aromatic rings. The number of sulfonamides is 1. The molecular formula is C21H22N4O6S2. The van der Waals surface area contributed by atoms with Gasteiger partial charge in [0.1, 0.15) is 11.8 Å². The van der Waals surface area contributed by atoms with Gasteiger partial charge in [0, 0.05) is 23.9 Å². The Balaban J connectivity index is 1.52. The molecule has 2 aromatic carbocycles. The Morgan fingerprint density at radius 3 is 2.42 bits per heavy atom. The van der Waals surface area contributed by atoms with Gasteiger partial charge in [-0.25, -0.2) is 13.4 Å². The molecule has 1 amide bonds. The first kappa shape index (κ1) is 24.2. The monoisotopic (exact) mass is 490 g/mol. The maximum Gasteiger partial charge on any atom is 0.323 e. The van der Waals surface area contributed by atoms with Crippen LogP contribution in [0.25, 0.3) is 0 Å². The van der Waals surface area contributed by atoms with Crippen molar-refractivity contribution in [1.29, 1.82) is 0 Å². The lowest BCUT2D eigenvalue weighted by atomic mass is 10.2. The fourth-order valence-electron chi connectivity index (χ4n) is 2.74. The number of anilines is 1. The molecule has 10 nitrogen and oxygen atoms in total. The van der Waals surface area contributed by atoms with Crippen molar-refractivity contribution in [3.05, 3.63) is 71.2 Å². The van der Waals surface area contributed by atoms with Gasteiger partial charge in [-0.3, -0.25) is 9.59 Å². The first-order valence-electron chi connectivity index (χ1n) is 9.76. The zero-order chi connectivity index (χ0) is 23.8. The molecule has 0 aliphatic carbocycles. The summed E-state index contributed by atoms with van der Waals surface area (Å²) in [6, 6.07) is 12.1. The van der Waals surface area contributed by atoms with Crippen molar-refractivity contribution in [3.8, 4) is 5.75 Å². The minimum Gasteiger partial charge on any atom is -0.493 e. The van der Waals surface area contributed by atoms with Crippen LogP contribution in [0.2, 0.25) is 0 Å². The first-order chi connectivity index (χ1) is 15.7. The number of hydrogen-bond donors (Lipinski definition) is 4. The first-order valence-corrected chi connectivity index (χ1v) is 12.1. The van der Waals surface area contributed by atoms with Crippen molar-refractivity contribution >= 4 is 38.4 Å². The van der Waals surface area contributed by atoms with Gasteiger partial charge in [0.2, 0.25) is 10.0 Å². The van der Waals surface area contributed by atoms with Crippen molar-refractivity contribution < 1.29 is 27.9 Å². The molecule has 1 atom stereocenters. The summed E-state index contributed by atoms with van der Waals surface area (Å²) in [4.78, 5) is 28.0. The van der Waals surface area contributed by atoms with Crippen molar-refractivity contribution in [2.45, 2.75) is 17.4 Å². The molecule has 5 N–H and O–H groups in total. The maximum atomic E-state index is 12.4. The molecular weight excluding hydrogens is 468 g/mol. The second kappa shape index (κ2) is 10.9. The van der Waals surface area contributed by atoms with Crippen molar-refractivity contribution in [2.24, 2.45) is 0 Å². The van der Waals surface area contributed by atoms with Gasteiger partial charge in [0.05, 0.1) is 17.2 Å². The van der Waals surface area contributed by atoms with Crippen LogP contribution in [0.1, 0.15) is 16.1 Å². The summed E-state index contributed by atoms with van der Waals surface area (Å²) in [5.41, 5.74) is 6.69. The molecule has 33 heavy (non-hydrogen) atoms. The number of amides is 1. The lowest BCUT2D eigenvalue weighted by Gasteiger charge is -2.16. The second-order valence-electron chi connectivity index (χ2n) is 6.84. The number of carbonyl (C=O) groups excluding carboxylic acids is 1. The van der Waals surface area contributed by atoms with E-state index in [4.69, 9.17) is 10.5 Å². The van der Waals surface area contributed by atoms with Crippen LogP contribution in [0.3, 0.4) is 0 Å². The molecule has 0 radical (unpaired) electrons. The number of aromatic nitrogens is 1. The van der Waals surface area contributed by atoms with Gasteiger partial charge < -0.3 is 20.9 Å². The van der Waals surface area contributed by atoms with E-state index in [0.29, 0.717) is 23.9 Å². The van der Waals surface area contributed by atoms with E-state index in [1.165, 1.54) is 47.7 Å². The molecule has 3 rings (SSSR count). The van der Waals surface area contributed by atoms with Crippen LogP contribution in [0.4, 0.5) is 5.13 Å². The summed E-state index contributed by atoms with van der Waals surface area (Å²) in [6.07, 6.45) is 0.589. The van der Waals surface area contributed by atoms with Gasteiger partial charge in [-0.15, -0.1) is 11.3 Å². The van der Waals surface area contributed by atoms with Crippen LogP contribution in [0, 0.1) is 0 Å². The number of nitrogen functional groups attached to an aromatic ring is 1. The zero-order valence-electron chi connectivity index (χ0n) is 17.3. The molecule has 1 heterocycles. The van der Waals surface area contributed by atoms with E-state index in [1.54, 1.807) is 18.2 Å².